The van der Waals surface area contributed by atoms with E-state index >= 15 is 0 Å². The van der Waals surface area contributed by atoms with E-state index in [1.807, 2.05) is 13.0 Å². The molecular formula is C16H15F3N6O2S. The number of nitrogens with zero attached hydrogens (tertiary/aromatic N) is 6. The van der Waals surface area contributed by atoms with Crippen molar-refractivity contribution in [3.8, 4) is 0 Å². The first-order valence-electron chi connectivity index (χ1n) is 8.44. The molecule has 0 radical (unpaired) electrons. The number of rotatable bonds is 3. The van der Waals surface area contributed by atoms with Gasteiger partial charge in [0.15, 0.2) is 5.82 Å². The van der Waals surface area contributed by atoms with Gasteiger partial charge in [-0.25, -0.2) is 14.8 Å². The number of hydrogen-bond acceptors (Lipinski definition) is 8. The Morgan fingerprint density at radius 3 is 2.75 bits per heavy atom. The lowest BCUT2D eigenvalue weighted by molar-refractivity contribution is -0.147. The van der Waals surface area contributed by atoms with E-state index in [4.69, 9.17) is 4.74 Å². The fourth-order valence-electron chi connectivity index (χ4n) is 3.10. The van der Waals surface area contributed by atoms with E-state index in [1.165, 1.54) is 18.4 Å². The van der Waals surface area contributed by atoms with Gasteiger partial charge < -0.3 is 14.2 Å². The van der Waals surface area contributed by atoms with Gasteiger partial charge in [-0.3, -0.25) is 0 Å². The maximum absolute atomic E-state index is 13.1. The minimum Gasteiger partial charge on any atom is -0.463 e. The molecule has 1 aliphatic heterocycles. The maximum Gasteiger partial charge on any atom is 0.451 e. The lowest BCUT2D eigenvalue weighted by atomic mass is 10.2. The van der Waals surface area contributed by atoms with Crippen LogP contribution in [0.4, 0.5) is 19.0 Å². The third kappa shape index (κ3) is 3.07. The predicted octanol–water partition coefficient (Wildman–Crippen LogP) is 2.67. The zero-order valence-electron chi connectivity index (χ0n) is 14.9. The molecule has 0 fully saturated rings. The number of halogens is 3. The van der Waals surface area contributed by atoms with Crippen LogP contribution in [0.25, 0.3) is 10.2 Å². The number of anilines is 1. The Hall–Kier alpha value is -2.76. The number of aromatic nitrogens is 5. The highest BCUT2D eigenvalue weighted by Crippen LogP contribution is 2.34. The third-order valence-corrected chi connectivity index (χ3v) is 5.62. The van der Waals surface area contributed by atoms with Gasteiger partial charge >= 0.3 is 12.1 Å². The molecule has 0 aromatic carbocycles. The Morgan fingerprint density at radius 1 is 1.29 bits per heavy atom. The molecule has 0 spiro atoms. The molecule has 1 aliphatic rings. The van der Waals surface area contributed by atoms with Crippen molar-refractivity contribution in [2.75, 3.05) is 18.6 Å². The fourth-order valence-corrected chi connectivity index (χ4v) is 4.06. The van der Waals surface area contributed by atoms with Crippen LogP contribution in [0.15, 0.2) is 6.07 Å². The number of alkyl halides is 3. The van der Waals surface area contributed by atoms with Crippen LogP contribution in [0.5, 0.6) is 0 Å². The molecule has 12 heteroatoms. The van der Waals surface area contributed by atoms with E-state index in [0.717, 1.165) is 21.3 Å². The second-order valence-corrected chi connectivity index (χ2v) is 7.27. The molecule has 0 aliphatic carbocycles. The summed E-state index contributed by atoms with van der Waals surface area (Å²) >= 11 is 1.44. The molecule has 8 nitrogen and oxygen atoms in total. The first-order valence-corrected chi connectivity index (χ1v) is 9.26. The van der Waals surface area contributed by atoms with Crippen LogP contribution in [0.3, 0.4) is 0 Å². The lowest BCUT2D eigenvalue weighted by Gasteiger charge is -2.29. The Balaban J connectivity index is 1.77. The molecule has 0 N–H and O–H groups in total. The number of ether oxygens (including phenoxy) is 1. The standard InChI is InChI=1S/C16H15F3N6O2S/c1-3-8-6-9-12(20-11(14(26)27-2)21-13(9)28-8)24-4-5-25-10(7-24)22-23-15(25)16(17,18)19/h6H,3-5,7H2,1-2H3. The second kappa shape index (κ2) is 6.69. The largest absolute Gasteiger partial charge is 0.463 e. The van der Waals surface area contributed by atoms with Crippen LogP contribution in [-0.2, 0) is 30.4 Å². The van der Waals surface area contributed by atoms with Crippen molar-refractivity contribution in [3.63, 3.8) is 0 Å². The van der Waals surface area contributed by atoms with Gasteiger partial charge in [-0.1, -0.05) is 6.92 Å². The average Bonchev–Trinajstić information content (AvgIpc) is 3.29. The molecule has 0 bridgehead atoms. The Bertz CT molecular complexity index is 1060. The quantitative estimate of drug-likeness (QED) is 0.612. The molecule has 3 aromatic rings. The first-order chi connectivity index (χ1) is 13.3. The molecule has 0 saturated carbocycles. The minimum absolute atomic E-state index is 0.0566. The minimum atomic E-state index is -4.56. The summed E-state index contributed by atoms with van der Waals surface area (Å²) in [6.07, 6.45) is -3.77. The topological polar surface area (TPSA) is 86.0 Å². The number of aryl methyl sites for hydroxylation is 1. The summed E-state index contributed by atoms with van der Waals surface area (Å²) in [6, 6.07) is 1.94. The van der Waals surface area contributed by atoms with E-state index in [2.05, 4.69) is 20.2 Å². The van der Waals surface area contributed by atoms with Crippen LogP contribution in [-0.4, -0.2) is 44.4 Å². The van der Waals surface area contributed by atoms with Gasteiger partial charge in [0.25, 0.3) is 0 Å². The highest BCUT2D eigenvalue weighted by molar-refractivity contribution is 7.18. The molecule has 0 atom stereocenters. The second-order valence-electron chi connectivity index (χ2n) is 6.16. The zero-order valence-corrected chi connectivity index (χ0v) is 15.8. The summed E-state index contributed by atoms with van der Waals surface area (Å²) in [5.74, 6) is -1.10. The van der Waals surface area contributed by atoms with Gasteiger partial charge in [-0.15, -0.1) is 21.5 Å². The Morgan fingerprint density at radius 2 is 2.07 bits per heavy atom. The van der Waals surface area contributed by atoms with Gasteiger partial charge in [-0.2, -0.15) is 13.2 Å². The van der Waals surface area contributed by atoms with Crippen LogP contribution in [0, 0.1) is 0 Å². The lowest BCUT2D eigenvalue weighted by Crippen LogP contribution is -2.36. The summed E-state index contributed by atoms with van der Waals surface area (Å²) in [6.45, 7) is 2.41. The first kappa shape index (κ1) is 18.6. The number of thiophene rings is 1. The normalized spacial score (nSPS) is 14.4. The number of carbonyl (C=O) groups is 1. The Labute approximate surface area is 161 Å². The summed E-state index contributed by atoms with van der Waals surface area (Å²) in [7, 11) is 1.24. The molecule has 28 heavy (non-hydrogen) atoms. The SMILES string of the molecule is CCc1cc2c(N3CCn4c(nnc4C(F)(F)F)C3)nc(C(=O)OC)nc2s1. The average molecular weight is 412 g/mol. The molecule has 3 aromatic heterocycles. The van der Waals surface area contributed by atoms with Crippen LogP contribution < -0.4 is 4.90 Å². The number of fused-ring (bicyclic) bond motifs is 2. The summed E-state index contributed by atoms with van der Waals surface area (Å²) in [5, 5.41) is 7.73. The van der Waals surface area contributed by atoms with Crippen molar-refractivity contribution in [3.05, 3.63) is 28.4 Å². The molecule has 4 heterocycles. The predicted molar refractivity (Wildman–Crippen MR) is 94.2 cm³/mol. The van der Waals surface area contributed by atoms with E-state index in [9.17, 15) is 18.0 Å². The molecule has 148 valence electrons. The van der Waals surface area contributed by atoms with Gasteiger partial charge in [-0.05, 0) is 12.5 Å². The van der Waals surface area contributed by atoms with Gasteiger partial charge in [0.05, 0.1) is 19.0 Å². The van der Waals surface area contributed by atoms with Gasteiger partial charge in [0, 0.05) is 18.0 Å². The van der Waals surface area contributed by atoms with Crippen molar-refractivity contribution < 1.29 is 22.7 Å². The maximum atomic E-state index is 13.1. The van der Waals surface area contributed by atoms with Crippen molar-refractivity contribution in [2.24, 2.45) is 0 Å². The third-order valence-electron chi connectivity index (χ3n) is 4.45. The Kier molecular flexibility index (Phi) is 4.44. The smallest absolute Gasteiger partial charge is 0.451 e. The fraction of sp³-hybridized carbons (Fsp3) is 0.438. The van der Waals surface area contributed by atoms with Crippen LogP contribution >= 0.6 is 11.3 Å². The van der Waals surface area contributed by atoms with Gasteiger partial charge in [0.1, 0.15) is 10.6 Å². The van der Waals surface area contributed by atoms with E-state index < -0.39 is 18.0 Å². The summed E-state index contributed by atoms with van der Waals surface area (Å²) < 4.78 is 45.0. The van der Waals surface area contributed by atoms with Crippen molar-refractivity contribution in [1.82, 2.24) is 24.7 Å². The molecular weight excluding hydrogens is 397 g/mol. The van der Waals surface area contributed by atoms with E-state index in [0.29, 0.717) is 10.6 Å². The van der Waals surface area contributed by atoms with E-state index in [1.54, 1.807) is 4.90 Å². The van der Waals surface area contributed by atoms with Crippen LogP contribution in [0.2, 0.25) is 0 Å². The van der Waals surface area contributed by atoms with Crippen molar-refractivity contribution >= 4 is 33.3 Å². The monoisotopic (exact) mass is 412 g/mol. The van der Waals surface area contributed by atoms with Gasteiger partial charge in [0.2, 0.25) is 11.6 Å². The number of methoxy groups -OCH3 is 1. The van der Waals surface area contributed by atoms with E-state index in [-0.39, 0.29) is 31.3 Å². The highest BCUT2D eigenvalue weighted by Gasteiger charge is 2.39. The van der Waals surface area contributed by atoms with Crippen LogP contribution in [0.1, 0.15) is 34.1 Å². The number of esters is 1. The molecule has 0 amide bonds. The van der Waals surface area contributed by atoms with Crippen molar-refractivity contribution in [2.45, 2.75) is 32.6 Å². The highest BCUT2D eigenvalue weighted by atomic mass is 32.1. The molecule has 4 rings (SSSR count). The number of carbonyl (C=O) groups excluding carboxylic acids is 1. The summed E-state index contributed by atoms with van der Waals surface area (Å²) in [5.41, 5.74) is 0. The number of hydrogen-bond donors (Lipinski definition) is 0. The van der Waals surface area contributed by atoms with Crippen molar-refractivity contribution in [1.29, 1.82) is 0 Å². The summed E-state index contributed by atoms with van der Waals surface area (Å²) in [4.78, 5) is 24.1. The molecule has 0 unspecified atom stereocenters. The molecule has 0 saturated heterocycles. The zero-order chi connectivity index (χ0) is 20.1.